The van der Waals surface area contributed by atoms with Crippen molar-refractivity contribution in [2.24, 2.45) is 0 Å². The molecule has 4 heterocycles. The molecule has 1 N–H and O–H groups in total. The monoisotopic (exact) mass is 838 g/mol. The van der Waals surface area contributed by atoms with E-state index in [-0.39, 0.29) is 40.4 Å². The summed E-state index contributed by atoms with van der Waals surface area (Å²) in [7, 11) is 0. The van der Waals surface area contributed by atoms with Crippen LogP contribution >= 0.6 is 37.2 Å². The molecule has 182 valence electrons. The van der Waals surface area contributed by atoms with Crippen LogP contribution in [0.3, 0.4) is 0 Å². The molecular formula is C28H24I2N4OSm. The second-order valence-electron chi connectivity index (χ2n) is 8.25. The number of benzene rings is 2. The smallest absolute Gasteiger partial charge is 0.103 e. The Kier molecular flexibility index (Phi) is 11.1. The molecule has 0 aliphatic carbocycles. The maximum atomic E-state index is 10.3. The van der Waals surface area contributed by atoms with Crippen molar-refractivity contribution in [2.45, 2.75) is 25.9 Å². The van der Waals surface area contributed by atoms with Crippen molar-refractivity contribution in [3.8, 4) is 0 Å². The average molecular weight is 837 g/mol. The number of rotatable bonds is 2. The SMILES string of the molecule is CCC(C)(O)c1ccc2ccc3cccnc3c2n1.II.[Sm].c1cnc2c(c1)ccc1cccnc12. The van der Waals surface area contributed by atoms with Gasteiger partial charge in [-0.05, 0) is 37.6 Å². The van der Waals surface area contributed by atoms with Crippen molar-refractivity contribution >= 4 is 80.8 Å². The predicted octanol–water partition coefficient (Wildman–Crippen LogP) is 7.95. The average Bonchev–Trinajstić information content (AvgIpc) is 2.94. The molecule has 6 aromatic rings. The third-order valence-electron chi connectivity index (χ3n) is 6.02. The molecule has 0 radical (unpaired) electrons. The molecule has 0 aliphatic heterocycles. The maximum absolute atomic E-state index is 10.3. The fraction of sp³-hybridized carbons (Fsp3) is 0.143. The third-order valence-corrected chi connectivity index (χ3v) is 6.02. The molecule has 0 saturated carbocycles. The van der Waals surface area contributed by atoms with E-state index in [2.05, 4.69) is 81.4 Å². The van der Waals surface area contributed by atoms with Crippen LogP contribution in [-0.4, -0.2) is 25.0 Å². The van der Waals surface area contributed by atoms with Crippen LogP contribution in [0.1, 0.15) is 26.0 Å². The van der Waals surface area contributed by atoms with Crippen LogP contribution in [0.15, 0.2) is 91.4 Å². The fourth-order valence-electron chi connectivity index (χ4n) is 3.88. The van der Waals surface area contributed by atoms with Crippen molar-refractivity contribution < 1.29 is 45.5 Å². The van der Waals surface area contributed by atoms with Gasteiger partial charge in [0.1, 0.15) is 5.60 Å². The van der Waals surface area contributed by atoms with Gasteiger partial charge in [0.15, 0.2) is 0 Å². The molecule has 8 heteroatoms. The zero-order chi connectivity index (χ0) is 24.8. The Hall–Kier alpha value is -1.16. The van der Waals surface area contributed by atoms with E-state index in [4.69, 9.17) is 0 Å². The van der Waals surface area contributed by atoms with Crippen LogP contribution in [-0.2, 0) is 5.60 Å². The second-order valence-corrected chi connectivity index (χ2v) is 8.25. The first-order chi connectivity index (χ1) is 17.1. The van der Waals surface area contributed by atoms with Gasteiger partial charge in [-0.3, -0.25) is 15.0 Å². The molecule has 4 aromatic heterocycles. The molecule has 0 saturated heterocycles. The summed E-state index contributed by atoms with van der Waals surface area (Å²) in [6.45, 7) is 3.74. The second kappa shape index (κ2) is 13.6. The molecule has 1 unspecified atom stereocenters. The van der Waals surface area contributed by atoms with Gasteiger partial charge >= 0.3 is 0 Å². The Labute approximate surface area is 266 Å². The van der Waals surface area contributed by atoms with Gasteiger partial charge in [0.05, 0.1) is 27.8 Å². The number of hydrogen-bond acceptors (Lipinski definition) is 5. The van der Waals surface area contributed by atoms with E-state index in [0.717, 1.165) is 43.6 Å². The number of nitrogens with zero attached hydrogens (tertiary/aromatic N) is 4. The predicted molar refractivity (Wildman–Crippen MR) is 162 cm³/mol. The molecule has 6 rings (SSSR count). The molecule has 0 fully saturated rings. The summed E-state index contributed by atoms with van der Waals surface area (Å²) in [5.41, 5.74) is 3.49. The van der Waals surface area contributed by atoms with Crippen LogP contribution in [0, 0.1) is 40.4 Å². The van der Waals surface area contributed by atoms with Crippen LogP contribution in [0.4, 0.5) is 0 Å². The van der Waals surface area contributed by atoms with Crippen molar-refractivity contribution in [2.75, 3.05) is 0 Å². The van der Waals surface area contributed by atoms with E-state index < -0.39 is 5.60 Å². The fourth-order valence-corrected chi connectivity index (χ4v) is 3.88. The molecule has 0 bridgehead atoms. The molecule has 2 aromatic carbocycles. The van der Waals surface area contributed by atoms with Gasteiger partial charge in [-0.2, -0.15) is 0 Å². The van der Waals surface area contributed by atoms with Crippen molar-refractivity contribution in [3.05, 3.63) is 97.1 Å². The molecule has 0 spiro atoms. The van der Waals surface area contributed by atoms with Gasteiger partial charge in [0.25, 0.3) is 0 Å². The van der Waals surface area contributed by atoms with E-state index >= 15 is 0 Å². The summed E-state index contributed by atoms with van der Waals surface area (Å²) in [5.74, 6) is 0. The first kappa shape index (κ1) is 29.4. The number of aromatic nitrogens is 4. The first-order valence-electron chi connectivity index (χ1n) is 11.2. The minimum Gasteiger partial charge on any atom is -0.384 e. The van der Waals surface area contributed by atoms with Gasteiger partial charge < -0.3 is 5.11 Å². The van der Waals surface area contributed by atoms with Gasteiger partial charge in [-0.25, -0.2) is 4.98 Å². The summed E-state index contributed by atoms with van der Waals surface area (Å²) in [6, 6.07) is 24.0. The normalized spacial score (nSPS) is 12.1. The van der Waals surface area contributed by atoms with Crippen LogP contribution in [0.25, 0.3) is 43.6 Å². The number of fused-ring (bicyclic) bond motifs is 6. The maximum Gasteiger partial charge on any atom is 0.103 e. The van der Waals surface area contributed by atoms with Crippen molar-refractivity contribution in [1.82, 2.24) is 19.9 Å². The number of halogens is 2. The first-order valence-corrected chi connectivity index (χ1v) is 17.5. The van der Waals surface area contributed by atoms with Crippen LogP contribution in [0.5, 0.6) is 0 Å². The molecule has 5 nitrogen and oxygen atoms in total. The van der Waals surface area contributed by atoms with Crippen molar-refractivity contribution in [3.63, 3.8) is 0 Å². The van der Waals surface area contributed by atoms with E-state index in [0.29, 0.717) is 12.1 Å². The van der Waals surface area contributed by atoms with Crippen molar-refractivity contribution in [1.29, 1.82) is 0 Å². The van der Waals surface area contributed by atoms with E-state index in [1.807, 2.05) is 55.5 Å². The van der Waals surface area contributed by atoms with Gasteiger partial charge in [-0.1, -0.05) is 55.5 Å². The summed E-state index contributed by atoms with van der Waals surface area (Å²) >= 11 is 4.24. The van der Waals surface area contributed by atoms with E-state index in [1.165, 1.54) is 0 Å². The molecule has 36 heavy (non-hydrogen) atoms. The Balaban J connectivity index is 0.000000189. The Bertz CT molecular complexity index is 1560. The number of hydrogen-bond donors (Lipinski definition) is 1. The summed E-state index contributed by atoms with van der Waals surface area (Å²) in [6.07, 6.45) is 6.00. The minimum absolute atomic E-state index is 0. The third kappa shape index (κ3) is 6.45. The zero-order valence-corrected chi connectivity index (χ0v) is 26.7. The van der Waals surface area contributed by atoms with Gasteiger partial charge in [-0.15, -0.1) is 0 Å². The standard InChI is InChI=1S/C16H16N2O.C12H8N2.I2.Sm/c1-3-16(2,19)13-9-8-12-7-6-11-5-4-10-17-14(11)15(12)18-13;1-3-9-5-6-10-4-2-8-14-12(10)11(9)13-7-1;1-2;/h4-10,19H,3H2,1-2H3;1-8H;;. The molecular weight excluding hydrogens is 813 g/mol. The Morgan fingerprint density at radius 1 is 0.639 bits per heavy atom. The largest absolute Gasteiger partial charge is 0.384 e. The molecule has 1 atom stereocenters. The van der Waals surface area contributed by atoms with E-state index in [1.54, 1.807) is 25.5 Å². The molecule has 0 aliphatic rings. The van der Waals surface area contributed by atoms with Crippen LogP contribution < -0.4 is 0 Å². The Morgan fingerprint density at radius 2 is 1.00 bits per heavy atom. The Morgan fingerprint density at radius 3 is 1.42 bits per heavy atom. The van der Waals surface area contributed by atoms with Gasteiger partial charge in [0, 0.05) is 118 Å². The zero-order valence-electron chi connectivity index (χ0n) is 19.8. The molecule has 0 amide bonds. The topological polar surface area (TPSA) is 71.8 Å². The minimum atomic E-state index is -0.898. The quantitative estimate of drug-likeness (QED) is 0.142. The number of aliphatic hydroxyl groups is 1. The number of pyridine rings is 4. The van der Waals surface area contributed by atoms with Crippen LogP contribution in [0.2, 0.25) is 0 Å². The summed E-state index contributed by atoms with van der Waals surface area (Å²) in [4.78, 5) is 17.7. The van der Waals surface area contributed by atoms with E-state index in [9.17, 15) is 5.11 Å². The van der Waals surface area contributed by atoms with Gasteiger partial charge in [0.2, 0.25) is 0 Å². The summed E-state index contributed by atoms with van der Waals surface area (Å²) < 4.78 is 0. The summed E-state index contributed by atoms with van der Waals surface area (Å²) in [5, 5.41) is 14.7.